The maximum absolute atomic E-state index is 13.2. The topological polar surface area (TPSA) is 70.6 Å². The maximum Gasteiger partial charge on any atom is 0.329 e. The van der Waals surface area contributed by atoms with E-state index in [1.807, 2.05) is 5.43 Å². The van der Waals surface area contributed by atoms with Crippen molar-refractivity contribution in [2.24, 2.45) is 5.10 Å². The fraction of sp³-hybridized carbons (Fsp3) is 0.308. The maximum atomic E-state index is 13.2. The Hall–Kier alpha value is -2.24. The van der Waals surface area contributed by atoms with E-state index in [9.17, 15) is 14.0 Å². The summed E-state index contributed by atoms with van der Waals surface area (Å²) in [5.41, 5.74) is 1.74. The second-order valence-electron chi connectivity index (χ2n) is 4.92. The standard InChI is InChI=1S/C13H16FN3O2/c1-13(2,3)16-11(18)12(19)17-15-8-9-6-4-5-7-10(9)14/h4-8H,1-3H3,(H,16,18)(H,17,19)/b15-8+. The van der Waals surface area contributed by atoms with Gasteiger partial charge in [0.05, 0.1) is 6.21 Å². The molecule has 0 bridgehead atoms. The van der Waals surface area contributed by atoms with Gasteiger partial charge in [-0.05, 0) is 26.8 Å². The van der Waals surface area contributed by atoms with Gasteiger partial charge in [0.15, 0.2) is 0 Å². The lowest BCUT2D eigenvalue weighted by atomic mass is 10.1. The molecule has 0 aliphatic rings. The molecule has 0 atom stereocenters. The summed E-state index contributed by atoms with van der Waals surface area (Å²) in [7, 11) is 0. The molecule has 2 amide bonds. The lowest BCUT2D eigenvalue weighted by molar-refractivity contribution is -0.140. The number of nitrogens with zero attached hydrogens (tertiary/aromatic N) is 1. The Balaban J connectivity index is 2.55. The summed E-state index contributed by atoms with van der Waals surface area (Å²) in [6.45, 7) is 5.25. The zero-order chi connectivity index (χ0) is 14.5. The predicted molar refractivity (Wildman–Crippen MR) is 70.0 cm³/mol. The Morgan fingerprint density at radius 1 is 1.21 bits per heavy atom. The molecule has 1 aromatic carbocycles. The van der Waals surface area contributed by atoms with Gasteiger partial charge in [-0.1, -0.05) is 18.2 Å². The Morgan fingerprint density at radius 3 is 2.42 bits per heavy atom. The summed E-state index contributed by atoms with van der Waals surface area (Å²) < 4.78 is 13.2. The second kappa shape index (κ2) is 6.08. The molecular weight excluding hydrogens is 249 g/mol. The molecule has 0 fully saturated rings. The molecule has 0 aliphatic heterocycles. The lowest BCUT2D eigenvalue weighted by Crippen LogP contribution is -2.47. The van der Waals surface area contributed by atoms with Crippen LogP contribution >= 0.6 is 0 Å². The van der Waals surface area contributed by atoms with Crippen LogP contribution in [0.2, 0.25) is 0 Å². The summed E-state index contributed by atoms with van der Waals surface area (Å²) >= 11 is 0. The molecule has 0 aromatic heterocycles. The van der Waals surface area contributed by atoms with E-state index in [2.05, 4.69) is 10.4 Å². The van der Waals surface area contributed by atoms with Gasteiger partial charge in [-0.3, -0.25) is 9.59 Å². The number of hydrazone groups is 1. The minimum atomic E-state index is -0.900. The van der Waals surface area contributed by atoms with Crippen LogP contribution in [0.3, 0.4) is 0 Å². The van der Waals surface area contributed by atoms with E-state index in [1.165, 1.54) is 12.1 Å². The normalized spacial score (nSPS) is 11.4. The summed E-state index contributed by atoms with van der Waals surface area (Å²) in [4.78, 5) is 22.8. The summed E-state index contributed by atoms with van der Waals surface area (Å²) in [6, 6.07) is 5.95. The summed E-state index contributed by atoms with van der Waals surface area (Å²) in [5.74, 6) is -2.15. The van der Waals surface area contributed by atoms with Gasteiger partial charge in [0.1, 0.15) is 5.82 Å². The van der Waals surface area contributed by atoms with Crippen molar-refractivity contribution >= 4 is 18.0 Å². The summed E-state index contributed by atoms with van der Waals surface area (Å²) in [6.07, 6.45) is 1.14. The molecule has 2 N–H and O–H groups in total. The molecule has 19 heavy (non-hydrogen) atoms. The number of hydrogen-bond acceptors (Lipinski definition) is 3. The molecule has 5 nitrogen and oxygen atoms in total. The molecule has 0 saturated carbocycles. The number of nitrogens with one attached hydrogen (secondary N) is 2. The van der Waals surface area contributed by atoms with Crippen molar-refractivity contribution in [2.75, 3.05) is 0 Å². The first-order chi connectivity index (χ1) is 8.79. The van der Waals surface area contributed by atoms with Crippen molar-refractivity contribution in [2.45, 2.75) is 26.3 Å². The van der Waals surface area contributed by atoms with Crippen molar-refractivity contribution in [3.63, 3.8) is 0 Å². The smallest absolute Gasteiger partial charge is 0.329 e. The van der Waals surface area contributed by atoms with Gasteiger partial charge in [0.2, 0.25) is 0 Å². The highest BCUT2D eigenvalue weighted by Crippen LogP contribution is 2.02. The Bertz CT molecular complexity index is 507. The molecule has 0 unspecified atom stereocenters. The van der Waals surface area contributed by atoms with E-state index in [1.54, 1.807) is 32.9 Å². The van der Waals surface area contributed by atoms with Gasteiger partial charge < -0.3 is 5.32 Å². The van der Waals surface area contributed by atoms with Crippen LogP contribution in [0.15, 0.2) is 29.4 Å². The van der Waals surface area contributed by atoms with Crippen molar-refractivity contribution in [1.82, 2.24) is 10.7 Å². The first-order valence-electron chi connectivity index (χ1n) is 5.70. The van der Waals surface area contributed by atoms with E-state index in [-0.39, 0.29) is 5.56 Å². The Morgan fingerprint density at radius 2 is 1.84 bits per heavy atom. The number of carbonyl (C=O) groups is 2. The number of amides is 2. The minimum Gasteiger partial charge on any atom is -0.343 e. The molecule has 102 valence electrons. The van der Waals surface area contributed by atoms with Gasteiger partial charge in [-0.25, -0.2) is 9.82 Å². The third kappa shape index (κ3) is 5.29. The van der Waals surface area contributed by atoms with Gasteiger partial charge in [-0.2, -0.15) is 5.10 Å². The number of halogens is 1. The van der Waals surface area contributed by atoms with E-state index in [4.69, 9.17) is 0 Å². The SMILES string of the molecule is CC(C)(C)NC(=O)C(=O)N/N=C/c1ccccc1F. The molecule has 0 saturated heterocycles. The van der Waals surface area contributed by atoms with Crippen LogP contribution < -0.4 is 10.7 Å². The van der Waals surface area contributed by atoms with Crippen molar-refractivity contribution in [1.29, 1.82) is 0 Å². The van der Waals surface area contributed by atoms with Crippen LogP contribution in [0.4, 0.5) is 4.39 Å². The van der Waals surface area contributed by atoms with Crippen molar-refractivity contribution in [3.05, 3.63) is 35.6 Å². The fourth-order valence-corrected chi connectivity index (χ4v) is 1.19. The molecule has 6 heteroatoms. The van der Waals surface area contributed by atoms with Crippen LogP contribution in [-0.2, 0) is 9.59 Å². The first-order valence-corrected chi connectivity index (χ1v) is 5.70. The van der Waals surface area contributed by atoms with Gasteiger partial charge in [0, 0.05) is 11.1 Å². The van der Waals surface area contributed by atoms with Gasteiger partial charge in [0.25, 0.3) is 0 Å². The Labute approximate surface area is 110 Å². The quantitative estimate of drug-likeness (QED) is 0.479. The van der Waals surface area contributed by atoms with Gasteiger partial charge >= 0.3 is 11.8 Å². The van der Waals surface area contributed by atoms with Crippen molar-refractivity contribution in [3.8, 4) is 0 Å². The molecule has 0 radical (unpaired) electrons. The molecule has 0 spiro atoms. The van der Waals surface area contributed by atoms with Crippen LogP contribution in [0.1, 0.15) is 26.3 Å². The monoisotopic (exact) mass is 265 g/mol. The van der Waals surface area contributed by atoms with E-state index >= 15 is 0 Å². The lowest BCUT2D eigenvalue weighted by Gasteiger charge is -2.19. The predicted octanol–water partition coefficient (Wildman–Crippen LogP) is 1.19. The van der Waals surface area contributed by atoms with Crippen LogP contribution in [0.25, 0.3) is 0 Å². The number of benzene rings is 1. The fourth-order valence-electron chi connectivity index (χ4n) is 1.19. The highest BCUT2D eigenvalue weighted by molar-refractivity contribution is 6.35. The zero-order valence-corrected chi connectivity index (χ0v) is 11.0. The average Bonchev–Trinajstić information content (AvgIpc) is 2.29. The van der Waals surface area contributed by atoms with Crippen molar-refractivity contribution < 1.29 is 14.0 Å². The molecule has 0 heterocycles. The number of carbonyl (C=O) groups excluding carboxylic acids is 2. The number of rotatable bonds is 2. The van der Waals surface area contributed by atoms with E-state index in [0.717, 1.165) is 6.21 Å². The van der Waals surface area contributed by atoms with Gasteiger partial charge in [-0.15, -0.1) is 0 Å². The zero-order valence-electron chi connectivity index (χ0n) is 11.0. The minimum absolute atomic E-state index is 0.221. The largest absolute Gasteiger partial charge is 0.343 e. The second-order valence-corrected chi connectivity index (χ2v) is 4.92. The van der Waals surface area contributed by atoms with Crippen LogP contribution in [0, 0.1) is 5.82 Å². The average molecular weight is 265 g/mol. The molecular formula is C13H16FN3O2. The Kier molecular flexibility index (Phi) is 4.74. The summed E-state index contributed by atoms with van der Waals surface area (Å²) in [5, 5.41) is 6.01. The molecule has 0 aliphatic carbocycles. The van der Waals surface area contributed by atoms with Crippen LogP contribution in [0.5, 0.6) is 0 Å². The van der Waals surface area contributed by atoms with E-state index < -0.39 is 23.2 Å². The van der Waals surface area contributed by atoms with E-state index in [0.29, 0.717) is 0 Å². The molecule has 1 rings (SSSR count). The number of hydrogen-bond donors (Lipinski definition) is 2. The highest BCUT2D eigenvalue weighted by Gasteiger charge is 2.19. The third-order valence-electron chi connectivity index (χ3n) is 1.97. The highest BCUT2D eigenvalue weighted by atomic mass is 19.1. The van der Waals surface area contributed by atoms with Crippen LogP contribution in [-0.4, -0.2) is 23.6 Å². The first kappa shape index (κ1) is 14.8. The molecule has 1 aromatic rings. The third-order valence-corrected chi connectivity index (χ3v) is 1.97.